The minimum Gasteiger partial charge on any atom is -0.393 e. The molecule has 2 nitrogen and oxygen atoms in total. The van der Waals surface area contributed by atoms with Crippen molar-refractivity contribution in [3.05, 3.63) is 23.8 Å². The molecule has 0 aromatic heterocycles. The van der Waals surface area contributed by atoms with Crippen molar-refractivity contribution in [2.75, 3.05) is 0 Å². The highest BCUT2D eigenvalue weighted by molar-refractivity contribution is 5.27. The summed E-state index contributed by atoms with van der Waals surface area (Å²) in [6.45, 7) is 2.32. The molecule has 0 bridgehead atoms. The molecule has 20 heavy (non-hydrogen) atoms. The quantitative estimate of drug-likeness (QED) is 0.667. The summed E-state index contributed by atoms with van der Waals surface area (Å²) >= 11 is 0. The monoisotopic (exact) mass is 274 g/mol. The highest BCUT2D eigenvalue weighted by Gasteiger charge is 2.55. The minimum atomic E-state index is -0.267. The lowest BCUT2D eigenvalue weighted by Crippen LogP contribution is -2.46. The number of aliphatic hydroxyl groups is 2. The van der Waals surface area contributed by atoms with E-state index in [4.69, 9.17) is 0 Å². The van der Waals surface area contributed by atoms with Gasteiger partial charge in [-0.25, -0.2) is 0 Å². The lowest BCUT2D eigenvalue weighted by molar-refractivity contribution is -0.0416. The molecule has 2 saturated carbocycles. The molecular formula is C18H26O2. The predicted molar refractivity (Wildman–Crippen MR) is 79.0 cm³/mol. The molecule has 4 unspecified atom stereocenters. The standard InChI is InChI=1S/C18H26O2/c1-18-9-8-14-13-5-3-12(19)10-11(13)2-4-15(14)16(18)6-7-17(18)20/h2-3,5,12-17,19-20H,4,6-10H2,1H3/t12-,13?,14?,15?,16?,17-,18-/m0/s1. The van der Waals surface area contributed by atoms with Gasteiger partial charge in [0.25, 0.3) is 0 Å². The molecule has 0 aromatic carbocycles. The van der Waals surface area contributed by atoms with Gasteiger partial charge in [0.15, 0.2) is 0 Å². The van der Waals surface area contributed by atoms with Crippen molar-refractivity contribution in [3.8, 4) is 0 Å². The maximum atomic E-state index is 10.4. The Balaban J connectivity index is 1.65. The van der Waals surface area contributed by atoms with Crippen LogP contribution in [0.5, 0.6) is 0 Å². The zero-order valence-electron chi connectivity index (χ0n) is 12.3. The highest BCUT2D eigenvalue weighted by Crippen LogP contribution is 2.60. The molecule has 0 amide bonds. The van der Waals surface area contributed by atoms with Crippen molar-refractivity contribution in [1.82, 2.24) is 0 Å². The zero-order chi connectivity index (χ0) is 13.9. The van der Waals surface area contributed by atoms with Gasteiger partial charge in [-0.05, 0) is 61.7 Å². The zero-order valence-corrected chi connectivity index (χ0v) is 12.3. The van der Waals surface area contributed by atoms with Crippen LogP contribution in [0.25, 0.3) is 0 Å². The molecular weight excluding hydrogens is 248 g/mol. The third-order valence-corrected chi connectivity index (χ3v) is 6.97. The van der Waals surface area contributed by atoms with Crippen LogP contribution in [-0.2, 0) is 0 Å². The van der Waals surface area contributed by atoms with Crippen LogP contribution in [-0.4, -0.2) is 22.4 Å². The maximum Gasteiger partial charge on any atom is 0.0758 e. The molecule has 4 rings (SSSR count). The van der Waals surface area contributed by atoms with Crippen LogP contribution in [0, 0.1) is 29.1 Å². The van der Waals surface area contributed by atoms with Crippen LogP contribution in [0.4, 0.5) is 0 Å². The number of hydrogen-bond donors (Lipinski definition) is 2. The van der Waals surface area contributed by atoms with Gasteiger partial charge in [0.05, 0.1) is 12.2 Å². The van der Waals surface area contributed by atoms with Crippen molar-refractivity contribution in [3.63, 3.8) is 0 Å². The molecule has 4 aliphatic rings. The molecule has 110 valence electrons. The van der Waals surface area contributed by atoms with Crippen LogP contribution in [0.3, 0.4) is 0 Å². The smallest absolute Gasteiger partial charge is 0.0758 e. The Kier molecular flexibility index (Phi) is 2.91. The SMILES string of the molecule is C[C@]12CCC3C4C=C[C@H](O)CC4=CCC3C1CC[C@@H]2O. The summed E-state index contributed by atoms with van der Waals surface area (Å²) in [5.74, 6) is 2.77. The fourth-order valence-corrected chi connectivity index (χ4v) is 5.82. The van der Waals surface area contributed by atoms with Crippen LogP contribution >= 0.6 is 0 Å². The number of hydrogen-bond acceptors (Lipinski definition) is 2. The van der Waals surface area contributed by atoms with E-state index in [9.17, 15) is 10.2 Å². The normalized spacial score (nSPS) is 53.9. The van der Waals surface area contributed by atoms with Crippen molar-refractivity contribution >= 4 is 0 Å². The first kappa shape index (κ1) is 13.1. The molecule has 0 saturated heterocycles. The van der Waals surface area contributed by atoms with E-state index in [1.54, 1.807) is 0 Å². The molecule has 2 heteroatoms. The van der Waals surface area contributed by atoms with Crippen LogP contribution < -0.4 is 0 Å². The summed E-state index contributed by atoms with van der Waals surface area (Å²) in [6, 6.07) is 0. The Morgan fingerprint density at radius 1 is 1.10 bits per heavy atom. The first-order valence-corrected chi connectivity index (χ1v) is 8.33. The third-order valence-electron chi connectivity index (χ3n) is 6.97. The van der Waals surface area contributed by atoms with Crippen molar-refractivity contribution in [2.45, 2.75) is 57.7 Å². The topological polar surface area (TPSA) is 40.5 Å². The average molecular weight is 274 g/mol. The van der Waals surface area contributed by atoms with Crippen LogP contribution in [0.1, 0.15) is 45.4 Å². The van der Waals surface area contributed by atoms with E-state index in [1.807, 2.05) is 6.08 Å². The lowest BCUT2D eigenvalue weighted by atomic mass is 9.53. The second kappa shape index (κ2) is 4.45. The summed E-state index contributed by atoms with van der Waals surface area (Å²) in [7, 11) is 0. The van der Waals surface area contributed by atoms with Gasteiger partial charge in [-0.1, -0.05) is 30.7 Å². The summed E-state index contributed by atoms with van der Waals surface area (Å²) in [4.78, 5) is 0. The summed E-state index contributed by atoms with van der Waals surface area (Å²) in [6.07, 6.45) is 13.0. The average Bonchev–Trinajstić information content (AvgIpc) is 2.74. The molecule has 0 aliphatic heterocycles. The van der Waals surface area contributed by atoms with E-state index >= 15 is 0 Å². The summed E-state index contributed by atoms with van der Waals surface area (Å²) in [5, 5.41) is 20.2. The maximum absolute atomic E-state index is 10.4. The van der Waals surface area contributed by atoms with Crippen molar-refractivity contribution < 1.29 is 10.2 Å². The van der Waals surface area contributed by atoms with Gasteiger partial charge in [0.1, 0.15) is 0 Å². The van der Waals surface area contributed by atoms with Crippen LogP contribution in [0.15, 0.2) is 23.8 Å². The highest BCUT2D eigenvalue weighted by atomic mass is 16.3. The first-order valence-electron chi connectivity index (χ1n) is 8.33. The van der Waals surface area contributed by atoms with Gasteiger partial charge in [-0.15, -0.1) is 0 Å². The second-order valence-corrected chi connectivity index (χ2v) is 7.77. The van der Waals surface area contributed by atoms with E-state index < -0.39 is 0 Å². The summed E-state index contributed by atoms with van der Waals surface area (Å²) < 4.78 is 0. The Morgan fingerprint density at radius 2 is 1.95 bits per heavy atom. The number of aliphatic hydroxyl groups excluding tert-OH is 2. The molecule has 7 atom stereocenters. The fraction of sp³-hybridized carbons (Fsp3) is 0.778. The van der Waals surface area contributed by atoms with Gasteiger partial charge < -0.3 is 10.2 Å². The fourth-order valence-electron chi connectivity index (χ4n) is 5.82. The van der Waals surface area contributed by atoms with Gasteiger partial charge in [0.2, 0.25) is 0 Å². The van der Waals surface area contributed by atoms with E-state index in [1.165, 1.54) is 31.3 Å². The van der Waals surface area contributed by atoms with Gasteiger partial charge in [0, 0.05) is 5.92 Å². The summed E-state index contributed by atoms with van der Waals surface area (Å²) in [5.41, 5.74) is 1.65. The third kappa shape index (κ3) is 1.70. The Labute approximate surface area is 121 Å². The van der Waals surface area contributed by atoms with E-state index in [0.717, 1.165) is 24.7 Å². The Hall–Kier alpha value is -0.600. The molecule has 2 N–H and O–H groups in total. The molecule has 0 heterocycles. The van der Waals surface area contributed by atoms with Gasteiger partial charge >= 0.3 is 0 Å². The van der Waals surface area contributed by atoms with Gasteiger partial charge in [-0.3, -0.25) is 0 Å². The largest absolute Gasteiger partial charge is 0.393 e. The first-order chi connectivity index (χ1) is 9.59. The number of rotatable bonds is 0. The second-order valence-electron chi connectivity index (χ2n) is 7.77. The minimum absolute atomic E-state index is 0.0810. The van der Waals surface area contributed by atoms with Crippen LogP contribution in [0.2, 0.25) is 0 Å². The van der Waals surface area contributed by atoms with Crippen molar-refractivity contribution in [2.24, 2.45) is 29.1 Å². The number of fused-ring (bicyclic) bond motifs is 5. The molecule has 0 spiro atoms. The molecule has 0 aromatic rings. The Bertz CT molecular complexity index is 466. The van der Waals surface area contributed by atoms with E-state index in [0.29, 0.717) is 11.8 Å². The lowest BCUT2D eigenvalue weighted by Gasteiger charge is -2.52. The number of allylic oxidation sites excluding steroid dienone is 2. The van der Waals surface area contributed by atoms with E-state index in [2.05, 4.69) is 19.1 Å². The van der Waals surface area contributed by atoms with Crippen molar-refractivity contribution in [1.29, 1.82) is 0 Å². The Morgan fingerprint density at radius 3 is 2.80 bits per heavy atom. The van der Waals surface area contributed by atoms with E-state index in [-0.39, 0.29) is 17.6 Å². The molecule has 0 radical (unpaired) electrons. The van der Waals surface area contributed by atoms with Gasteiger partial charge in [-0.2, -0.15) is 0 Å². The molecule has 4 aliphatic carbocycles. The molecule has 2 fully saturated rings. The predicted octanol–water partition coefficient (Wildman–Crippen LogP) is 3.06.